The van der Waals surface area contributed by atoms with Gasteiger partial charge >= 0.3 is 0 Å². The predicted octanol–water partition coefficient (Wildman–Crippen LogP) is 3.00. The molecule has 0 atom stereocenters. The molecule has 36 heavy (non-hydrogen) atoms. The topological polar surface area (TPSA) is 105 Å². The van der Waals surface area contributed by atoms with Crippen molar-refractivity contribution in [3.8, 4) is 11.5 Å². The number of hydrogen-bond acceptors (Lipinski definition) is 8. The van der Waals surface area contributed by atoms with Gasteiger partial charge in [-0.15, -0.1) is 0 Å². The van der Waals surface area contributed by atoms with Gasteiger partial charge < -0.3 is 24.2 Å². The molecule has 3 heterocycles. The summed E-state index contributed by atoms with van der Waals surface area (Å²) in [6, 6.07) is 9.98. The third-order valence-corrected chi connectivity index (χ3v) is 7.52. The van der Waals surface area contributed by atoms with Crippen LogP contribution in [0.3, 0.4) is 0 Å². The van der Waals surface area contributed by atoms with E-state index < -0.39 is 10.5 Å². The smallest absolute Gasteiger partial charge is 0.293 e. The van der Waals surface area contributed by atoms with Crippen molar-refractivity contribution in [3.63, 3.8) is 0 Å². The van der Waals surface area contributed by atoms with Crippen molar-refractivity contribution in [2.24, 2.45) is 0 Å². The molecule has 2 saturated heterocycles. The number of nitro groups is 1. The number of amides is 1. The number of carbonyl (C=O) groups excluding carboxylic acids is 2. The van der Waals surface area contributed by atoms with Crippen LogP contribution in [0.5, 0.6) is 11.5 Å². The summed E-state index contributed by atoms with van der Waals surface area (Å²) in [6.45, 7) is 3.88. The molecule has 10 nitrogen and oxygen atoms in total. The number of nitrogens with zero attached hydrogens (tertiary/aromatic N) is 4. The highest BCUT2D eigenvalue weighted by Crippen LogP contribution is 2.41. The Balaban J connectivity index is 1.29. The molecule has 190 valence electrons. The maximum Gasteiger partial charge on any atom is 0.293 e. The zero-order valence-corrected chi connectivity index (χ0v) is 20.6. The Bertz CT molecular complexity index is 1200. The van der Waals surface area contributed by atoms with Gasteiger partial charge in [0, 0.05) is 63.7 Å². The van der Waals surface area contributed by atoms with E-state index in [1.165, 1.54) is 6.07 Å². The van der Waals surface area contributed by atoms with Gasteiger partial charge in [0.2, 0.25) is 0 Å². The number of likely N-dealkylation sites (N-methyl/N-ethyl adjacent to an activating group) is 1. The first-order chi connectivity index (χ1) is 17.3. The van der Waals surface area contributed by atoms with E-state index in [0.29, 0.717) is 67.3 Å². The minimum atomic E-state index is -0.646. The van der Waals surface area contributed by atoms with Crippen molar-refractivity contribution in [3.05, 3.63) is 57.6 Å². The van der Waals surface area contributed by atoms with Crippen molar-refractivity contribution >= 4 is 23.1 Å². The first-order valence-corrected chi connectivity index (χ1v) is 12.2. The number of rotatable bonds is 4. The number of likely N-dealkylation sites (tertiary alicyclic amines) is 1. The van der Waals surface area contributed by atoms with E-state index in [1.54, 1.807) is 42.3 Å². The lowest BCUT2D eigenvalue weighted by atomic mass is 9.82. The molecule has 0 radical (unpaired) electrons. The van der Waals surface area contributed by atoms with Crippen molar-refractivity contribution in [2.75, 3.05) is 58.3 Å². The fourth-order valence-corrected chi connectivity index (χ4v) is 5.30. The molecule has 3 aliphatic rings. The minimum Gasteiger partial charge on any atom is -0.497 e. The Labute approximate surface area is 209 Å². The highest BCUT2D eigenvalue weighted by atomic mass is 16.6. The van der Waals surface area contributed by atoms with Gasteiger partial charge in [-0.3, -0.25) is 19.7 Å². The fourth-order valence-electron chi connectivity index (χ4n) is 5.30. The highest BCUT2D eigenvalue weighted by molar-refractivity contribution is 6.01. The van der Waals surface area contributed by atoms with Crippen molar-refractivity contribution < 1.29 is 24.0 Å². The maximum atomic E-state index is 13.3. The van der Waals surface area contributed by atoms with Crippen LogP contribution >= 0.6 is 0 Å². The van der Waals surface area contributed by atoms with Gasteiger partial charge in [0.1, 0.15) is 22.8 Å². The summed E-state index contributed by atoms with van der Waals surface area (Å²) >= 11 is 0. The first-order valence-electron chi connectivity index (χ1n) is 12.2. The van der Waals surface area contributed by atoms with Crippen LogP contribution in [0.15, 0.2) is 36.4 Å². The molecule has 0 bridgehead atoms. The number of piperidine rings is 1. The van der Waals surface area contributed by atoms with Gasteiger partial charge in [0.15, 0.2) is 5.78 Å². The zero-order valence-electron chi connectivity index (χ0n) is 20.6. The van der Waals surface area contributed by atoms with E-state index in [4.69, 9.17) is 9.47 Å². The van der Waals surface area contributed by atoms with Crippen LogP contribution in [0.4, 0.5) is 11.4 Å². The number of benzene rings is 2. The summed E-state index contributed by atoms with van der Waals surface area (Å²) in [4.78, 5) is 43.4. The average molecular weight is 495 g/mol. The number of fused-ring (bicyclic) bond motifs is 1. The third-order valence-electron chi connectivity index (χ3n) is 7.52. The number of Topliss-reactive ketones (excluding diaryl/α,β-unsaturated/α-hetero) is 1. The molecule has 2 aromatic rings. The molecule has 1 amide bonds. The summed E-state index contributed by atoms with van der Waals surface area (Å²) in [7, 11) is 3.58. The van der Waals surface area contributed by atoms with Crippen LogP contribution in [0, 0.1) is 10.1 Å². The molecule has 3 aliphatic heterocycles. The van der Waals surface area contributed by atoms with Crippen molar-refractivity contribution in [1.29, 1.82) is 0 Å². The molecular formula is C26H30N4O6. The SMILES string of the molecule is COc1ccc2c(c1)C(=O)CC1(CCN(C(=O)c3ccc(N4CCN(C)CC4)c([N+](=O)[O-])c3)CC1)O2. The van der Waals surface area contributed by atoms with Crippen LogP contribution in [0.25, 0.3) is 0 Å². The number of anilines is 1. The van der Waals surface area contributed by atoms with Crippen molar-refractivity contribution in [2.45, 2.75) is 24.9 Å². The van der Waals surface area contributed by atoms with Crippen molar-refractivity contribution in [1.82, 2.24) is 9.80 Å². The lowest BCUT2D eigenvalue weighted by Crippen LogP contribution is -2.52. The number of nitro benzene ring substituents is 1. The van der Waals surface area contributed by atoms with Gasteiger partial charge in [-0.1, -0.05) is 0 Å². The fraction of sp³-hybridized carbons (Fsp3) is 0.462. The molecule has 1 spiro atoms. The number of hydrogen-bond donors (Lipinski definition) is 0. The summed E-state index contributed by atoms with van der Waals surface area (Å²) in [5, 5.41) is 11.8. The molecule has 0 aliphatic carbocycles. The normalized spacial score (nSPS) is 19.6. The van der Waals surface area contributed by atoms with E-state index in [-0.39, 0.29) is 23.8 Å². The molecule has 0 unspecified atom stereocenters. The van der Waals surface area contributed by atoms with Gasteiger partial charge in [-0.25, -0.2) is 0 Å². The highest BCUT2D eigenvalue weighted by Gasteiger charge is 2.44. The van der Waals surface area contributed by atoms with Crippen LogP contribution in [-0.2, 0) is 0 Å². The van der Waals surface area contributed by atoms with Crippen LogP contribution in [-0.4, -0.2) is 85.4 Å². The average Bonchev–Trinajstić information content (AvgIpc) is 2.88. The lowest BCUT2D eigenvalue weighted by Gasteiger charge is -2.44. The lowest BCUT2D eigenvalue weighted by molar-refractivity contribution is -0.384. The second kappa shape index (κ2) is 9.42. The Morgan fingerprint density at radius 3 is 2.44 bits per heavy atom. The van der Waals surface area contributed by atoms with E-state index in [0.717, 1.165) is 13.1 Å². The molecular weight excluding hydrogens is 464 g/mol. The number of methoxy groups -OCH3 is 1. The number of ether oxygens (including phenoxy) is 2. The van der Waals surface area contributed by atoms with Crippen LogP contribution in [0.1, 0.15) is 40.0 Å². The summed E-state index contributed by atoms with van der Waals surface area (Å²) < 4.78 is 11.5. The van der Waals surface area contributed by atoms with Gasteiger partial charge in [0.05, 0.1) is 24.0 Å². The molecule has 10 heteroatoms. The molecule has 2 aromatic carbocycles. The third kappa shape index (κ3) is 4.48. The quantitative estimate of drug-likeness (QED) is 0.472. The summed E-state index contributed by atoms with van der Waals surface area (Å²) in [5.74, 6) is 0.909. The van der Waals surface area contributed by atoms with E-state index >= 15 is 0 Å². The number of ketones is 1. The molecule has 0 aromatic heterocycles. The molecule has 0 saturated carbocycles. The van der Waals surface area contributed by atoms with E-state index in [1.807, 2.05) is 11.9 Å². The zero-order chi connectivity index (χ0) is 25.4. The summed E-state index contributed by atoms with van der Waals surface area (Å²) in [5.41, 5.74) is 0.672. The van der Waals surface area contributed by atoms with Gasteiger partial charge in [0.25, 0.3) is 11.6 Å². The molecule has 0 N–H and O–H groups in total. The maximum absolute atomic E-state index is 13.3. The second-order valence-electron chi connectivity index (χ2n) is 9.79. The Morgan fingerprint density at radius 2 is 1.78 bits per heavy atom. The standard InChI is InChI=1S/C26H30N4O6/c1-27-11-13-28(14-12-27)21-5-3-18(15-22(21)30(33)34)25(32)29-9-7-26(8-10-29)17-23(31)20-16-19(35-2)4-6-24(20)36-26/h3-6,15-16H,7-14,17H2,1-2H3. The van der Waals surface area contributed by atoms with E-state index in [9.17, 15) is 19.7 Å². The monoisotopic (exact) mass is 494 g/mol. The van der Waals surface area contributed by atoms with Crippen LogP contribution < -0.4 is 14.4 Å². The Morgan fingerprint density at radius 1 is 1.06 bits per heavy atom. The van der Waals surface area contributed by atoms with Crippen LogP contribution in [0.2, 0.25) is 0 Å². The largest absolute Gasteiger partial charge is 0.497 e. The molecule has 5 rings (SSSR count). The minimum absolute atomic E-state index is 0.00467. The first kappa shape index (κ1) is 24.1. The Kier molecular flexibility index (Phi) is 6.29. The Hall–Kier alpha value is -3.66. The molecule has 2 fully saturated rings. The predicted molar refractivity (Wildman–Crippen MR) is 133 cm³/mol. The van der Waals surface area contributed by atoms with Gasteiger partial charge in [-0.05, 0) is 37.4 Å². The summed E-state index contributed by atoms with van der Waals surface area (Å²) in [6.07, 6.45) is 1.27. The number of carbonyl (C=O) groups is 2. The van der Waals surface area contributed by atoms with Gasteiger partial charge in [-0.2, -0.15) is 0 Å². The second-order valence-corrected chi connectivity index (χ2v) is 9.79. The van der Waals surface area contributed by atoms with E-state index in [2.05, 4.69) is 4.90 Å². The number of piperazine rings is 1.